The molecule has 2 aromatic rings. The van der Waals surface area contributed by atoms with Crippen LogP contribution in [0.3, 0.4) is 0 Å². The predicted molar refractivity (Wildman–Crippen MR) is 85.9 cm³/mol. The van der Waals surface area contributed by atoms with E-state index in [0.717, 1.165) is 5.56 Å². The Balaban J connectivity index is 2.05. The molecule has 22 heavy (non-hydrogen) atoms. The highest BCUT2D eigenvalue weighted by molar-refractivity contribution is 6.33. The molecular formula is C16H15ClN2O3. The van der Waals surface area contributed by atoms with Crippen molar-refractivity contribution in [1.29, 1.82) is 0 Å². The largest absolute Gasteiger partial charge is 0.504 e. The van der Waals surface area contributed by atoms with Crippen LogP contribution in [-0.4, -0.2) is 24.3 Å². The average molecular weight is 319 g/mol. The van der Waals surface area contributed by atoms with E-state index in [2.05, 4.69) is 10.5 Å². The van der Waals surface area contributed by atoms with Crippen LogP contribution in [-0.2, 0) is 0 Å². The number of phenolic OH excluding ortho intramolecular Hbond substituents is 1. The second kappa shape index (κ2) is 6.95. The number of nitrogens with zero attached hydrogens (tertiary/aromatic N) is 1. The molecule has 0 aliphatic heterocycles. The molecule has 0 bridgehead atoms. The number of aromatic hydroxyl groups is 1. The Kier molecular flexibility index (Phi) is 5.01. The van der Waals surface area contributed by atoms with Gasteiger partial charge in [-0.05, 0) is 48.4 Å². The Morgan fingerprint density at radius 2 is 2.09 bits per heavy atom. The highest BCUT2D eigenvalue weighted by Crippen LogP contribution is 2.25. The highest BCUT2D eigenvalue weighted by atomic mass is 35.5. The maximum absolute atomic E-state index is 12.0. The third-order valence-electron chi connectivity index (χ3n) is 2.95. The molecule has 6 heteroatoms. The van der Waals surface area contributed by atoms with E-state index in [4.69, 9.17) is 16.3 Å². The Labute approximate surface area is 133 Å². The van der Waals surface area contributed by atoms with Gasteiger partial charge in [0.25, 0.3) is 5.91 Å². The van der Waals surface area contributed by atoms with Crippen molar-refractivity contribution in [2.24, 2.45) is 5.10 Å². The number of carbonyl (C=O) groups excluding carboxylic acids is 1. The van der Waals surface area contributed by atoms with Crippen molar-refractivity contribution in [2.75, 3.05) is 7.11 Å². The summed E-state index contributed by atoms with van der Waals surface area (Å²) < 4.78 is 4.94. The number of phenols is 1. The number of carbonyl (C=O) groups is 1. The molecule has 2 aromatic carbocycles. The van der Waals surface area contributed by atoms with Crippen LogP contribution in [0, 0.1) is 6.92 Å². The van der Waals surface area contributed by atoms with Gasteiger partial charge in [0.15, 0.2) is 11.5 Å². The van der Waals surface area contributed by atoms with Crippen molar-refractivity contribution < 1.29 is 14.6 Å². The topological polar surface area (TPSA) is 70.9 Å². The van der Waals surface area contributed by atoms with Gasteiger partial charge in [-0.1, -0.05) is 17.7 Å². The SMILES string of the molecule is COc1ccc(C=NNC(=O)c2ccc(C)cc2Cl)cc1O. The Hall–Kier alpha value is -2.53. The zero-order chi connectivity index (χ0) is 16.1. The third-order valence-corrected chi connectivity index (χ3v) is 3.26. The van der Waals surface area contributed by atoms with E-state index in [1.165, 1.54) is 19.4 Å². The molecule has 2 rings (SSSR count). The smallest absolute Gasteiger partial charge is 0.272 e. The lowest BCUT2D eigenvalue weighted by Gasteiger charge is -2.04. The molecule has 0 heterocycles. The monoisotopic (exact) mass is 318 g/mol. The van der Waals surface area contributed by atoms with Crippen LogP contribution in [0.25, 0.3) is 0 Å². The van der Waals surface area contributed by atoms with Crippen LogP contribution in [0.2, 0.25) is 5.02 Å². The minimum absolute atomic E-state index is 0.000597. The normalized spacial score (nSPS) is 10.7. The molecule has 1 amide bonds. The van der Waals surface area contributed by atoms with Gasteiger partial charge in [-0.25, -0.2) is 5.43 Å². The van der Waals surface area contributed by atoms with Crippen LogP contribution < -0.4 is 10.2 Å². The molecule has 0 aliphatic rings. The van der Waals surface area contributed by atoms with Crippen LogP contribution in [0.4, 0.5) is 0 Å². The van der Waals surface area contributed by atoms with Crippen molar-refractivity contribution in [2.45, 2.75) is 6.92 Å². The number of hydrogen-bond acceptors (Lipinski definition) is 4. The van der Waals surface area contributed by atoms with Crippen LogP contribution in [0.1, 0.15) is 21.5 Å². The molecule has 0 spiro atoms. The third kappa shape index (κ3) is 3.77. The summed E-state index contributed by atoms with van der Waals surface area (Å²) >= 11 is 6.01. The number of ether oxygens (including phenoxy) is 1. The van der Waals surface area contributed by atoms with Gasteiger partial charge in [-0.15, -0.1) is 0 Å². The zero-order valence-electron chi connectivity index (χ0n) is 12.1. The maximum atomic E-state index is 12.0. The first kappa shape index (κ1) is 15.9. The Bertz CT molecular complexity index is 729. The maximum Gasteiger partial charge on any atom is 0.272 e. The lowest BCUT2D eigenvalue weighted by molar-refractivity contribution is 0.0955. The number of methoxy groups -OCH3 is 1. The second-order valence-corrected chi connectivity index (χ2v) is 5.02. The summed E-state index contributed by atoms with van der Waals surface area (Å²) in [6.45, 7) is 1.89. The summed E-state index contributed by atoms with van der Waals surface area (Å²) in [5.41, 5.74) is 4.33. The minimum atomic E-state index is -0.404. The summed E-state index contributed by atoms with van der Waals surface area (Å²) in [5.74, 6) is -0.0361. The number of amides is 1. The standard InChI is InChI=1S/C16H15ClN2O3/c1-10-3-5-12(13(17)7-10)16(21)19-18-9-11-4-6-15(22-2)14(20)8-11/h3-9,20H,1-2H3,(H,19,21). The molecule has 114 valence electrons. The molecule has 0 saturated carbocycles. The number of aryl methyl sites for hydroxylation is 1. The highest BCUT2D eigenvalue weighted by Gasteiger charge is 2.09. The summed E-state index contributed by atoms with van der Waals surface area (Å²) in [7, 11) is 1.47. The minimum Gasteiger partial charge on any atom is -0.504 e. The molecule has 0 saturated heterocycles. The molecule has 0 atom stereocenters. The average Bonchev–Trinajstić information content (AvgIpc) is 2.47. The number of hydrazone groups is 1. The van der Waals surface area contributed by atoms with Crippen molar-refractivity contribution >= 4 is 23.7 Å². The van der Waals surface area contributed by atoms with Crippen LogP contribution in [0.15, 0.2) is 41.5 Å². The fraction of sp³-hybridized carbons (Fsp3) is 0.125. The van der Waals surface area contributed by atoms with E-state index in [1.54, 1.807) is 30.3 Å². The second-order valence-electron chi connectivity index (χ2n) is 4.61. The summed E-state index contributed by atoms with van der Waals surface area (Å²) in [6.07, 6.45) is 1.42. The summed E-state index contributed by atoms with van der Waals surface area (Å²) in [4.78, 5) is 12.0. The van der Waals surface area contributed by atoms with Gasteiger partial charge in [0.1, 0.15) is 0 Å². The number of rotatable bonds is 4. The van der Waals surface area contributed by atoms with Crippen LogP contribution >= 0.6 is 11.6 Å². The van der Waals surface area contributed by atoms with E-state index in [0.29, 0.717) is 21.9 Å². The lowest BCUT2D eigenvalue weighted by atomic mass is 10.1. The summed E-state index contributed by atoms with van der Waals surface area (Å²) in [5, 5.41) is 13.9. The number of hydrogen-bond donors (Lipinski definition) is 2. The molecule has 0 radical (unpaired) electrons. The number of nitrogens with one attached hydrogen (secondary N) is 1. The Morgan fingerprint density at radius 1 is 1.32 bits per heavy atom. The zero-order valence-corrected chi connectivity index (χ0v) is 12.9. The quantitative estimate of drug-likeness (QED) is 0.672. The van der Waals surface area contributed by atoms with Gasteiger partial charge in [-0.2, -0.15) is 5.10 Å². The fourth-order valence-electron chi connectivity index (χ4n) is 1.82. The van der Waals surface area contributed by atoms with E-state index >= 15 is 0 Å². The predicted octanol–water partition coefficient (Wildman–Crippen LogP) is 3.13. The number of benzene rings is 2. The van der Waals surface area contributed by atoms with Crippen molar-refractivity contribution in [3.8, 4) is 11.5 Å². The fourth-order valence-corrected chi connectivity index (χ4v) is 2.14. The van der Waals surface area contributed by atoms with Crippen molar-refractivity contribution in [3.63, 3.8) is 0 Å². The first-order chi connectivity index (χ1) is 10.5. The van der Waals surface area contributed by atoms with E-state index in [-0.39, 0.29) is 5.75 Å². The molecule has 0 aromatic heterocycles. The van der Waals surface area contributed by atoms with Crippen molar-refractivity contribution in [1.82, 2.24) is 5.43 Å². The van der Waals surface area contributed by atoms with Gasteiger partial charge in [0.05, 0.1) is 23.9 Å². The molecular weight excluding hydrogens is 304 g/mol. The first-order valence-corrected chi connectivity index (χ1v) is 6.85. The van der Waals surface area contributed by atoms with Crippen LogP contribution in [0.5, 0.6) is 11.5 Å². The van der Waals surface area contributed by atoms with Crippen molar-refractivity contribution in [3.05, 3.63) is 58.1 Å². The summed E-state index contributed by atoms with van der Waals surface area (Å²) in [6, 6.07) is 9.94. The van der Waals surface area contributed by atoms with Gasteiger partial charge in [-0.3, -0.25) is 4.79 Å². The van der Waals surface area contributed by atoms with Gasteiger partial charge >= 0.3 is 0 Å². The number of halogens is 1. The molecule has 0 fully saturated rings. The Morgan fingerprint density at radius 3 is 2.73 bits per heavy atom. The molecule has 5 nitrogen and oxygen atoms in total. The first-order valence-electron chi connectivity index (χ1n) is 6.48. The van der Waals surface area contributed by atoms with E-state index in [1.807, 2.05) is 6.92 Å². The van der Waals surface area contributed by atoms with Gasteiger partial charge in [0, 0.05) is 0 Å². The molecule has 0 unspecified atom stereocenters. The van der Waals surface area contributed by atoms with Gasteiger partial charge in [0.2, 0.25) is 0 Å². The molecule has 2 N–H and O–H groups in total. The van der Waals surface area contributed by atoms with E-state index < -0.39 is 5.91 Å². The lowest BCUT2D eigenvalue weighted by Crippen LogP contribution is -2.18. The molecule has 0 aliphatic carbocycles. The van der Waals surface area contributed by atoms with E-state index in [9.17, 15) is 9.90 Å². The van der Waals surface area contributed by atoms with Gasteiger partial charge < -0.3 is 9.84 Å².